The van der Waals surface area contributed by atoms with E-state index in [0.29, 0.717) is 29.4 Å². The van der Waals surface area contributed by atoms with Gasteiger partial charge in [0.2, 0.25) is 0 Å². The number of likely N-dealkylation sites (N-methyl/N-ethyl adjacent to an activating group) is 1. The van der Waals surface area contributed by atoms with E-state index in [2.05, 4.69) is 11.2 Å². The van der Waals surface area contributed by atoms with Gasteiger partial charge >= 0.3 is 0 Å². The first-order chi connectivity index (χ1) is 11.5. The van der Waals surface area contributed by atoms with Crippen LogP contribution < -0.4 is 4.90 Å². The molecule has 1 atom stereocenters. The van der Waals surface area contributed by atoms with Crippen molar-refractivity contribution in [3.8, 4) is 17.5 Å². The Bertz CT molecular complexity index is 819. The average Bonchev–Trinajstić information content (AvgIpc) is 3.24. The van der Waals surface area contributed by atoms with Crippen molar-refractivity contribution in [3.05, 3.63) is 34.4 Å². The van der Waals surface area contributed by atoms with Crippen LogP contribution in [0.3, 0.4) is 0 Å². The Labute approximate surface area is 147 Å². The summed E-state index contributed by atoms with van der Waals surface area (Å²) < 4.78 is 13.3. The second kappa shape index (κ2) is 6.75. The molecule has 124 valence electrons. The number of benzene rings is 1. The lowest BCUT2D eigenvalue weighted by Crippen LogP contribution is -2.42. The number of halogens is 2. The van der Waals surface area contributed by atoms with Crippen LogP contribution in [-0.4, -0.2) is 35.4 Å². The molecule has 0 N–H and O–H groups in total. The Morgan fingerprint density at radius 2 is 2.38 bits per heavy atom. The Hall–Kier alpha value is -2.17. The van der Waals surface area contributed by atoms with Gasteiger partial charge in [-0.1, -0.05) is 11.6 Å². The van der Waals surface area contributed by atoms with Crippen LogP contribution in [0.25, 0.3) is 11.3 Å². The number of carbonyl (C=O) groups is 1. The summed E-state index contributed by atoms with van der Waals surface area (Å²) in [5.74, 6) is -0.631. The van der Waals surface area contributed by atoms with Gasteiger partial charge in [-0.3, -0.25) is 14.6 Å². The van der Waals surface area contributed by atoms with Gasteiger partial charge in [0.15, 0.2) is 11.3 Å². The smallest absolute Gasteiger partial charge is 0.251 e. The number of hydrogen-bond donors (Lipinski definition) is 0. The van der Waals surface area contributed by atoms with E-state index in [0.717, 1.165) is 6.42 Å². The standard InChI is InChI=1S/C16H14ClFN4OS/c1-21(15(23)14-3-2-6-22(14)9-19)16-20-13(8-24-16)10-4-5-12(18)11(17)7-10/h4-5,7-8,14H,2-3,6H2,1H3. The molecule has 5 nitrogen and oxygen atoms in total. The zero-order chi connectivity index (χ0) is 17.3. The van der Waals surface area contributed by atoms with Crippen molar-refractivity contribution >= 4 is 34.0 Å². The summed E-state index contributed by atoms with van der Waals surface area (Å²) in [6.45, 7) is 0.609. The molecule has 1 amide bonds. The summed E-state index contributed by atoms with van der Waals surface area (Å²) in [7, 11) is 1.65. The highest BCUT2D eigenvalue weighted by Crippen LogP contribution is 2.30. The summed E-state index contributed by atoms with van der Waals surface area (Å²) in [6.07, 6.45) is 3.56. The van der Waals surface area contributed by atoms with E-state index in [-0.39, 0.29) is 10.9 Å². The van der Waals surface area contributed by atoms with Gasteiger partial charge in [0.1, 0.15) is 11.9 Å². The van der Waals surface area contributed by atoms with E-state index in [1.54, 1.807) is 18.5 Å². The van der Waals surface area contributed by atoms with Gasteiger partial charge in [0.05, 0.1) is 10.7 Å². The molecule has 0 spiro atoms. The van der Waals surface area contributed by atoms with Gasteiger partial charge in [-0.15, -0.1) is 11.3 Å². The van der Waals surface area contributed by atoms with E-state index in [1.807, 2.05) is 0 Å². The number of aromatic nitrogens is 1. The fourth-order valence-corrected chi connectivity index (χ4v) is 3.65. The molecule has 1 unspecified atom stereocenters. The molecular weight excluding hydrogens is 351 g/mol. The van der Waals surface area contributed by atoms with Crippen molar-refractivity contribution in [2.24, 2.45) is 0 Å². The van der Waals surface area contributed by atoms with Crippen LogP contribution in [0.15, 0.2) is 23.6 Å². The fourth-order valence-electron chi connectivity index (χ4n) is 2.67. The van der Waals surface area contributed by atoms with Crippen LogP contribution in [0.5, 0.6) is 0 Å². The number of thiazole rings is 1. The minimum Gasteiger partial charge on any atom is -0.298 e. The zero-order valence-electron chi connectivity index (χ0n) is 12.9. The maximum absolute atomic E-state index is 13.3. The summed E-state index contributed by atoms with van der Waals surface area (Å²) in [5, 5.41) is 11.4. The normalized spacial score (nSPS) is 16.9. The Balaban J connectivity index is 1.81. The van der Waals surface area contributed by atoms with Crippen LogP contribution in [0, 0.1) is 17.3 Å². The number of hydrogen-bond acceptors (Lipinski definition) is 5. The highest BCUT2D eigenvalue weighted by molar-refractivity contribution is 7.14. The molecule has 0 radical (unpaired) electrons. The molecule has 1 aliphatic heterocycles. The van der Waals surface area contributed by atoms with Crippen molar-refractivity contribution in [2.45, 2.75) is 18.9 Å². The average molecular weight is 365 g/mol. The summed E-state index contributed by atoms with van der Waals surface area (Å²) in [4.78, 5) is 20.0. The van der Waals surface area contributed by atoms with E-state index >= 15 is 0 Å². The van der Waals surface area contributed by atoms with Crippen molar-refractivity contribution < 1.29 is 9.18 Å². The second-order valence-corrected chi connectivity index (χ2v) is 6.74. The third-order valence-electron chi connectivity index (χ3n) is 3.99. The molecule has 2 heterocycles. The van der Waals surface area contributed by atoms with Gasteiger partial charge < -0.3 is 0 Å². The third-order valence-corrected chi connectivity index (χ3v) is 5.20. The van der Waals surface area contributed by atoms with E-state index in [1.165, 1.54) is 33.3 Å². The van der Waals surface area contributed by atoms with Gasteiger partial charge in [-0.25, -0.2) is 9.37 Å². The third kappa shape index (κ3) is 3.07. The van der Waals surface area contributed by atoms with E-state index < -0.39 is 11.9 Å². The van der Waals surface area contributed by atoms with E-state index in [9.17, 15) is 9.18 Å². The second-order valence-electron chi connectivity index (χ2n) is 5.49. The quantitative estimate of drug-likeness (QED) is 0.782. The first-order valence-electron chi connectivity index (χ1n) is 7.36. The number of nitriles is 1. The van der Waals surface area contributed by atoms with Gasteiger partial charge in [0.25, 0.3) is 5.91 Å². The van der Waals surface area contributed by atoms with Crippen molar-refractivity contribution in [1.29, 1.82) is 5.26 Å². The molecule has 1 aliphatic rings. The molecule has 0 bridgehead atoms. The van der Waals surface area contributed by atoms with Crippen LogP contribution in [0.4, 0.5) is 9.52 Å². The number of amides is 1. The predicted octanol–water partition coefficient (Wildman–Crippen LogP) is 3.51. The topological polar surface area (TPSA) is 60.2 Å². The number of rotatable bonds is 3. The molecule has 1 saturated heterocycles. The van der Waals surface area contributed by atoms with Crippen LogP contribution in [0.2, 0.25) is 5.02 Å². The molecule has 1 fully saturated rings. The predicted molar refractivity (Wildman–Crippen MR) is 91.3 cm³/mol. The summed E-state index contributed by atoms with van der Waals surface area (Å²) in [6, 6.07) is 3.96. The fraction of sp³-hybridized carbons (Fsp3) is 0.312. The maximum atomic E-state index is 13.3. The number of carbonyl (C=O) groups excluding carboxylic acids is 1. The molecule has 2 aromatic rings. The summed E-state index contributed by atoms with van der Waals surface area (Å²) >= 11 is 7.12. The Kier molecular flexibility index (Phi) is 4.69. The minimum atomic E-state index is -0.485. The molecule has 1 aromatic heterocycles. The Morgan fingerprint density at radius 3 is 3.08 bits per heavy atom. The van der Waals surface area contributed by atoms with Gasteiger partial charge in [0, 0.05) is 24.5 Å². The van der Waals surface area contributed by atoms with Crippen LogP contribution >= 0.6 is 22.9 Å². The van der Waals surface area contributed by atoms with Crippen molar-refractivity contribution in [2.75, 3.05) is 18.5 Å². The molecule has 1 aromatic carbocycles. The summed E-state index contributed by atoms with van der Waals surface area (Å²) in [5.41, 5.74) is 1.31. The highest BCUT2D eigenvalue weighted by atomic mass is 35.5. The molecule has 3 rings (SSSR count). The Morgan fingerprint density at radius 1 is 1.58 bits per heavy atom. The van der Waals surface area contributed by atoms with Gasteiger partial charge in [-0.2, -0.15) is 5.26 Å². The molecule has 0 aliphatic carbocycles. The SMILES string of the molecule is CN(C(=O)C1CCCN1C#N)c1nc(-c2ccc(F)c(Cl)c2)cs1. The molecular formula is C16H14ClFN4OS. The lowest BCUT2D eigenvalue weighted by atomic mass is 10.2. The van der Waals surface area contributed by atoms with E-state index in [4.69, 9.17) is 16.9 Å². The van der Waals surface area contributed by atoms with Crippen LogP contribution in [-0.2, 0) is 4.79 Å². The first kappa shape index (κ1) is 16.7. The lowest BCUT2D eigenvalue weighted by molar-refractivity contribution is -0.121. The monoisotopic (exact) mass is 364 g/mol. The lowest BCUT2D eigenvalue weighted by Gasteiger charge is -2.22. The molecule has 0 saturated carbocycles. The number of nitrogens with zero attached hydrogens (tertiary/aromatic N) is 4. The largest absolute Gasteiger partial charge is 0.298 e. The van der Waals surface area contributed by atoms with Crippen molar-refractivity contribution in [3.63, 3.8) is 0 Å². The number of anilines is 1. The van der Waals surface area contributed by atoms with Crippen LogP contribution in [0.1, 0.15) is 12.8 Å². The minimum absolute atomic E-state index is 0.0297. The number of likely N-dealkylation sites (tertiary alicyclic amines) is 1. The maximum Gasteiger partial charge on any atom is 0.251 e. The highest BCUT2D eigenvalue weighted by Gasteiger charge is 2.33. The van der Waals surface area contributed by atoms with Gasteiger partial charge in [-0.05, 0) is 31.0 Å². The van der Waals surface area contributed by atoms with Crippen molar-refractivity contribution in [1.82, 2.24) is 9.88 Å². The molecule has 24 heavy (non-hydrogen) atoms. The first-order valence-corrected chi connectivity index (χ1v) is 8.62. The molecule has 8 heteroatoms. The zero-order valence-corrected chi connectivity index (χ0v) is 14.4.